The highest BCUT2D eigenvalue weighted by Gasteiger charge is 2.18. The Morgan fingerprint density at radius 3 is 1.67 bits per heavy atom. The van der Waals surface area contributed by atoms with Crippen LogP contribution in [-0.4, -0.2) is 12.2 Å². The monoisotopic (exact) mass is 278 g/mol. The number of para-hydroxylation sites is 2. The predicted molar refractivity (Wildman–Crippen MR) is 80.6 cm³/mol. The van der Waals surface area contributed by atoms with Crippen LogP contribution in [0.4, 0.5) is 11.4 Å². The minimum atomic E-state index is -0.00778. The molecular formula is C17H14N2O2. The summed E-state index contributed by atoms with van der Waals surface area (Å²) in [5.74, 6) is -0.00778. The van der Waals surface area contributed by atoms with E-state index in [1.54, 1.807) is 24.3 Å². The number of rotatable bonds is 5. The van der Waals surface area contributed by atoms with E-state index in [-0.39, 0.29) is 5.92 Å². The van der Waals surface area contributed by atoms with Gasteiger partial charge < -0.3 is 0 Å². The van der Waals surface area contributed by atoms with E-state index >= 15 is 0 Å². The molecule has 0 N–H and O–H groups in total. The summed E-state index contributed by atoms with van der Waals surface area (Å²) in [6.07, 6.45) is 3.96. The van der Waals surface area contributed by atoms with Crippen LogP contribution in [0.3, 0.4) is 0 Å². The molecule has 0 atom stereocenters. The van der Waals surface area contributed by atoms with Crippen LogP contribution in [0.25, 0.3) is 0 Å². The predicted octanol–water partition coefficient (Wildman–Crippen LogP) is 4.16. The second-order valence-corrected chi connectivity index (χ2v) is 4.48. The van der Waals surface area contributed by atoms with Gasteiger partial charge in [0.15, 0.2) is 0 Å². The van der Waals surface area contributed by atoms with Crippen molar-refractivity contribution in [2.24, 2.45) is 9.98 Å². The van der Waals surface area contributed by atoms with E-state index < -0.39 is 0 Å². The lowest BCUT2D eigenvalue weighted by Gasteiger charge is -2.18. The number of isocyanates is 2. The molecule has 0 heterocycles. The number of carbonyl (C=O) groups excluding carboxylic acids is 2. The molecule has 104 valence electrons. The van der Waals surface area contributed by atoms with Gasteiger partial charge in [0.05, 0.1) is 11.4 Å². The SMILES string of the molecule is CCC(c1ccccc1N=C=O)c1ccccc1N=C=O. The third-order valence-electron chi connectivity index (χ3n) is 3.36. The zero-order valence-electron chi connectivity index (χ0n) is 11.6. The van der Waals surface area contributed by atoms with Crippen LogP contribution in [-0.2, 0) is 9.59 Å². The van der Waals surface area contributed by atoms with Crippen LogP contribution in [0.15, 0.2) is 58.5 Å². The first-order valence-electron chi connectivity index (χ1n) is 6.65. The maximum atomic E-state index is 10.6. The van der Waals surface area contributed by atoms with Gasteiger partial charge in [-0.25, -0.2) is 9.59 Å². The van der Waals surface area contributed by atoms with Crippen LogP contribution in [0.2, 0.25) is 0 Å². The Bertz CT molecular complexity index is 666. The van der Waals surface area contributed by atoms with Crippen molar-refractivity contribution in [3.05, 3.63) is 59.7 Å². The summed E-state index contributed by atoms with van der Waals surface area (Å²) >= 11 is 0. The van der Waals surface area contributed by atoms with Gasteiger partial charge in [0.2, 0.25) is 12.2 Å². The van der Waals surface area contributed by atoms with Gasteiger partial charge in [-0.15, -0.1) is 0 Å². The van der Waals surface area contributed by atoms with Crippen LogP contribution in [0.1, 0.15) is 30.4 Å². The molecule has 0 saturated heterocycles. The molecule has 2 rings (SSSR count). The van der Waals surface area contributed by atoms with Crippen LogP contribution < -0.4 is 0 Å². The Labute approximate surface area is 122 Å². The molecule has 2 aromatic carbocycles. The van der Waals surface area contributed by atoms with Gasteiger partial charge in [-0.3, -0.25) is 0 Å². The van der Waals surface area contributed by atoms with E-state index in [2.05, 4.69) is 9.98 Å². The van der Waals surface area contributed by atoms with Crippen molar-refractivity contribution in [3.63, 3.8) is 0 Å². The molecule has 4 heteroatoms. The van der Waals surface area contributed by atoms with Crippen molar-refractivity contribution in [1.29, 1.82) is 0 Å². The molecular weight excluding hydrogens is 264 g/mol. The molecule has 4 nitrogen and oxygen atoms in total. The van der Waals surface area contributed by atoms with Crippen molar-refractivity contribution in [3.8, 4) is 0 Å². The molecule has 0 amide bonds. The number of hydrogen-bond donors (Lipinski definition) is 0. The molecule has 0 spiro atoms. The molecule has 0 aliphatic carbocycles. The highest BCUT2D eigenvalue weighted by atomic mass is 16.1. The summed E-state index contributed by atoms with van der Waals surface area (Å²) in [5.41, 5.74) is 3.00. The first-order valence-corrected chi connectivity index (χ1v) is 6.65. The molecule has 0 aliphatic rings. The molecule has 0 bridgehead atoms. The zero-order valence-corrected chi connectivity index (χ0v) is 11.6. The third kappa shape index (κ3) is 3.21. The molecule has 0 aliphatic heterocycles. The molecule has 0 fully saturated rings. The van der Waals surface area contributed by atoms with Gasteiger partial charge in [0, 0.05) is 5.92 Å². The van der Waals surface area contributed by atoms with E-state index in [0.717, 1.165) is 17.5 Å². The van der Waals surface area contributed by atoms with Gasteiger partial charge >= 0.3 is 0 Å². The maximum Gasteiger partial charge on any atom is 0.240 e. The number of nitrogens with zero attached hydrogens (tertiary/aromatic N) is 2. The summed E-state index contributed by atoms with van der Waals surface area (Å²) in [6.45, 7) is 2.04. The average Bonchev–Trinajstić information content (AvgIpc) is 2.52. The van der Waals surface area contributed by atoms with Gasteiger partial charge in [0.1, 0.15) is 0 Å². The first-order chi connectivity index (χ1) is 10.3. The van der Waals surface area contributed by atoms with Crippen molar-refractivity contribution < 1.29 is 9.59 Å². The Hall–Kier alpha value is -2.80. The summed E-state index contributed by atoms with van der Waals surface area (Å²) in [6, 6.07) is 14.8. The maximum absolute atomic E-state index is 10.6. The van der Waals surface area contributed by atoms with E-state index in [9.17, 15) is 9.59 Å². The summed E-state index contributed by atoms with van der Waals surface area (Å²) in [4.78, 5) is 28.7. The second-order valence-electron chi connectivity index (χ2n) is 4.48. The van der Waals surface area contributed by atoms with E-state index in [1.807, 2.05) is 43.3 Å². The van der Waals surface area contributed by atoms with E-state index in [0.29, 0.717) is 11.4 Å². The lowest BCUT2D eigenvalue weighted by molar-refractivity contribution is 0.564. The van der Waals surface area contributed by atoms with Crippen molar-refractivity contribution >= 4 is 23.5 Å². The van der Waals surface area contributed by atoms with Crippen molar-refractivity contribution in [2.75, 3.05) is 0 Å². The standard InChI is InChI=1S/C17H14N2O2/c1-2-13(14-7-3-5-9-16(14)18-11-20)15-8-4-6-10-17(15)19-12-21/h3-10,13H,2H2,1H3. The lowest BCUT2D eigenvalue weighted by atomic mass is 9.87. The number of hydrogen-bond acceptors (Lipinski definition) is 4. The average molecular weight is 278 g/mol. The quantitative estimate of drug-likeness (QED) is 0.609. The van der Waals surface area contributed by atoms with Crippen LogP contribution in [0, 0.1) is 0 Å². The van der Waals surface area contributed by atoms with Crippen LogP contribution in [0.5, 0.6) is 0 Å². The topological polar surface area (TPSA) is 58.9 Å². The van der Waals surface area contributed by atoms with Gasteiger partial charge in [-0.05, 0) is 29.7 Å². The fraction of sp³-hybridized carbons (Fsp3) is 0.176. The molecule has 0 unspecified atom stereocenters. The first kappa shape index (κ1) is 14.6. The lowest BCUT2D eigenvalue weighted by Crippen LogP contribution is -2.00. The largest absolute Gasteiger partial charge is 0.240 e. The number of aliphatic imine (C=N–C) groups is 2. The molecule has 0 radical (unpaired) electrons. The normalized spacial score (nSPS) is 11.1. The molecule has 0 saturated carbocycles. The molecule has 2 aromatic rings. The minimum absolute atomic E-state index is 0.00778. The van der Waals surface area contributed by atoms with Crippen molar-refractivity contribution in [2.45, 2.75) is 19.3 Å². The van der Waals surface area contributed by atoms with Gasteiger partial charge in [-0.2, -0.15) is 9.98 Å². The third-order valence-corrected chi connectivity index (χ3v) is 3.36. The Morgan fingerprint density at radius 1 is 0.857 bits per heavy atom. The van der Waals surface area contributed by atoms with Crippen LogP contribution >= 0.6 is 0 Å². The summed E-state index contributed by atoms with van der Waals surface area (Å²) in [7, 11) is 0. The zero-order chi connectivity index (χ0) is 15.1. The fourth-order valence-electron chi connectivity index (χ4n) is 2.47. The second kappa shape index (κ2) is 7.11. The molecule has 21 heavy (non-hydrogen) atoms. The highest BCUT2D eigenvalue weighted by Crippen LogP contribution is 2.38. The number of benzene rings is 2. The fourth-order valence-corrected chi connectivity index (χ4v) is 2.47. The van der Waals surface area contributed by atoms with Gasteiger partial charge in [-0.1, -0.05) is 43.3 Å². The van der Waals surface area contributed by atoms with Gasteiger partial charge in [0.25, 0.3) is 0 Å². The smallest absolute Gasteiger partial charge is 0.211 e. The van der Waals surface area contributed by atoms with Crippen molar-refractivity contribution in [1.82, 2.24) is 0 Å². The Morgan fingerprint density at radius 2 is 1.29 bits per heavy atom. The van der Waals surface area contributed by atoms with E-state index in [4.69, 9.17) is 0 Å². The summed E-state index contributed by atoms with van der Waals surface area (Å²) in [5, 5.41) is 0. The van der Waals surface area contributed by atoms with E-state index in [1.165, 1.54) is 0 Å². The Kier molecular flexibility index (Phi) is 4.94. The summed E-state index contributed by atoms with van der Waals surface area (Å²) < 4.78 is 0. The molecule has 0 aromatic heterocycles. The highest BCUT2D eigenvalue weighted by molar-refractivity contribution is 5.61. The minimum Gasteiger partial charge on any atom is -0.211 e. The Balaban J connectivity index is 2.60.